The van der Waals surface area contributed by atoms with Gasteiger partial charge in [0.2, 0.25) is 15.9 Å². The van der Waals surface area contributed by atoms with Gasteiger partial charge in [-0.3, -0.25) is 4.79 Å². The van der Waals surface area contributed by atoms with Crippen LogP contribution >= 0.6 is 11.3 Å². The molecule has 1 aliphatic rings. The van der Waals surface area contributed by atoms with E-state index < -0.39 is 10.0 Å². The van der Waals surface area contributed by atoms with Crippen molar-refractivity contribution in [3.63, 3.8) is 0 Å². The van der Waals surface area contributed by atoms with E-state index in [-0.39, 0.29) is 11.8 Å². The van der Waals surface area contributed by atoms with Gasteiger partial charge in [-0.05, 0) is 44.0 Å². The second-order valence-electron chi connectivity index (χ2n) is 7.31. The summed E-state index contributed by atoms with van der Waals surface area (Å²) in [5, 5.41) is 5.99. The van der Waals surface area contributed by atoms with E-state index in [2.05, 4.69) is 10.3 Å². The molecule has 0 aliphatic carbocycles. The molecule has 1 saturated heterocycles. The number of hydrogen-bond donors (Lipinski definition) is 1. The fourth-order valence-electron chi connectivity index (χ4n) is 3.56. The Hall–Kier alpha value is -2.55. The van der Waals surface area contributed by atoms with E-state index in [0.29, 0.717) is 30.8 Å². The third-order valence-electron chi connectivity index (χ3n) is 5.27. The number of rotatable bonds is 5. The number of nitrogens with zero attached hydrogens (tertiary/aromatic N) is 2. The van der Waals surface area contributed by atoms with Gasteiger partial charge in [0.25, 0.3) is 0 Å². The van der Waals surface area contributed by atoms with Crippen molar-refractivity contribution in [2.75, 3.05) is 18.4 Å². The van der Waals surface area contributed by atoms with Crippen LogP contribution in [0.1, 0.15) is 17.8 Å². The fraction of sp³-hybridized carbons (Fsp3) is 0.273. The van der Waals surface area contributed by atoms with Gasteiger partial charge >= 0.3 is 0 Å². The summed E-state index contributed by atoms with van der Waals surface area (Å²) < 4.78 is 26.9. The van der Waals surface area contributed by atoms with Crippen molar-refractivity contribution in [2.24, 2.45) is 5.92 Å². The topological polar surface area (TPSA) is 79.4 Å². The first kappa shape index (κ1) is 20.7. The molecule has 0 spiro atoms. The Kier molecular flexibility index (Phi) is 5.99. The molecule has 156 valence electrons. The maximum Gasteiger partial charge on any atom is 0.243 e. The summed E-state index contributed by atoms with van der Waals surface area (Å²) >= 11 is 1.61. The van der Waals surface area contributed by atoms with Gasteiger partial charge in [-0.15, -0.1) is 11.3 Å². The summed E-state index contributed by atoms with van der Waals surface area (Å²) in [5.41, 5.74) is 2.68. The lowest BCUT2D eigenvalue weighted by Gasteiger charge is -2.30. The number of aromatic nitrogens is 1. The highest BCUT2D eigenvalue weighted by atomic mass is 32.2. The molecule has 0 saturated carbocycles. The SMILES string of the molecule is Cc1nc(-c2ccc(NC(=O)C3CCN(S(=O)(=O)c4ccccc4)CC3)cc2)cs1. The van der Waals surface area contributed by atoms with Gasteiger partial charge in [0, 0.05) is 35.6 Å². The molecule has 1 N–H and O–H groups in total. The number of piperidine rings is 1. The molecule has 1 aromatic heterocycles. The molecule has 8 heteroatoms. The zero-order chi connectivity index (χ0) is 21.1. The Bertz CT molecular complexity index is 1120. The number of carbonyl (C=O) groups is 1. The van der Waals surface area contributed by atoms with E-state index in [9.17, 15) is 13.2 Å². The third kappa shape index (κ3) is 4.45. The lowest BCUT2D eigenvalue weighted by molar-refractivity contribution is -0.120. The van der Waals surface area contributed by atoms with Crippen molar-refractivity contribution < 1.29 is 13.2 Å². The number of sulfonamides is 1. The second kappa shape index (κ2) is 8.67. The molecule has 1 amide bonds. The van der Waals surface area contributed by atoms with E-state index in [1.54, 1.807) is 41.7 Å². The minimum atomic E-state index is -3.50. The van der Waals surface area contributed by atoms with E-state index in [0.717, 1.165) is 22.0 Å². The van der Waals surface area contributed by atoms with Gasteiger partial charge in [-0.1, -0.05) is 30.3 Å². The van der Waals surface area contributed by atoms with Gasteiger partial charge in [0.05, 0.1) is 15.6 Å². The van der Waals surface area contributed by atoms with Gasteiger partial charge < -0.3 is 5.32 Å². The van der Waals surface area contributed by atoms with Crippen LogP contribution in [0.15, 0.2) is 64.9 Å². The van der Waals surface area contributed by atoms with Crippen LogP contribution in [-0.2, 0) is 14.8 Å². The van der Waals surface area contributed by atoms with Crippen molar-refractivity contribution in [3.05, 3.63) is 65.0 Å². The summed E-state index contributed by atoms with van der Waals surface area (Å²) in [5.74, 6) is -0.267. The number of carbonyl (C=O) groups excluding carboxylic acids is 1. The normalized spacial score (nSPS) is 15.8. The number of hydrogen-bond acceptors (Lipinski definition) is 5. The standard InChI is InChI=1S/C22H23N3O3S2/c1-16-23-21(15-29-16)17-7-9-19(10-8-17)24-22(26)18-11-13-25(14-12-18)30(27,28)20-5-3-2-4-6-20/h2-10,15,18H,11-14H2,1H3,(H,24,26). The molecule has 6 nitrogen and oxygen atoms in total. The van der Waals surface area contributed by atoms with Crippen LogP contribution in [0, 0.1) is 12.8 Å². The molecule has 0 radical (unpaired) electrons. The van der Waals surface area contributed by atoms with Crippen LogP contribution in [-0.4, -0.2) is 36.7 Å². The lowest BCUT2D eigenvalue weighted by atomic mass is 9.97. The average molecular weight is 442 g/mol. The predicted molar refractivity (Wildman–Crippen MR) is 119 cm³/mol. The molecule has 0 atom stereocenters. The van der Waals surface area contributed by atoms with Crippen molar-refractivity contribution in [1.29, 1.82) is 0 Å². The molecule has 30 heavy (non-hydrogen) atoms. The van der Waals surface area contributed by atoms with Crippen LogP contribution in [0.2, 0.25) is 0 Å². The smallest absolute Gasteiger partial charge is 0.243 e. The maximum absolute atomic E-state index is 12.7. The predicted octanol–water partition coefficient (Wildman–Crippen LogP) is 4.16. The second-order valence-corrected chi connectivity index (χ2v) is 10.3. The summed E-state index contributed by atoms with van der Waals surface area (Å²) in [4.78, 5) is 17.4. The Labute approximate surface area is 180 Å². The quantitative estimate of drug-likeness (QED) is 0.645. The Morgan fingerprint density at radius 1 is 1.07 bits per heavy atom. The summed E-state index contributed by atoms with van der Waals surface area (Å²) in [6.07, 6.45) is 1.02. The number of benzene rings is 2. The zero-order valence-electron chi connectivity index (χ0n) is 16.6. The van der Waals surface area contributed by atoms with Gasteiger partial charge in [-0.2, -0.15) is 4.31 Å². The molecule has 2 aromatic carbocycles. The van der Waals surface area contributed by atoms with E-state index in [1.165, 1.54) is 4.31 Å². The van der Waals surface area contributed by atoms with Crippen LogP contribution in [0.3, 0.4) is 0 Å². The van der Waals surface area contributed by atoms with Crippen molar-refractivity contribution in [2.45, 2.75) is 24.7 Å². The number of amides is 1. The fourth-order valence-corrected chi connectivity index (χ4v) is 5.68. The number of thiazole rings is 1. The first-order valence-corrected chi connectivity index (χ1v) is 12.1. The monoisotopic (exact) mass is 441 g/mol. The summed E-state index contributed by atoms with van der Waals surface area (Å²) in [7, 11) is -3.50. The van der Waals surface area contributed by atoms with Crippen molar-refractivity contribution in [1.82, 2.24) is 9.29 Å². The number of anilines is 1. The van der Waals surface area contributed by atoms with Gasteiger partial charge in [0.1, 0.15) is 0 Å². The summed E-state index contributed by atoms with van der Waals surface area (Å²) in [6.45, 7) is 2.66. The number of aryl methyl sites for hydroxylation is 1. The minimum absolute atomic E-state index is 0.0657. The van der Waals surface area contributed by atoms with Crippen molar-refractivity contribution >= 4 is 33.0 Å². The Balaban J connectivity index is 1.34. The first-order valence-electron chi connectivity index (χ1n) is 9.82. The third-order valence-corrected chi connectivity index (χ3v) is 7.96. The minimum Gasteiger partial charge on any atom is -0.326 e. The van der Waals surface area contributed by atoms with Gasteiger partial charge in [-0.25, -0.2) is 13.4 Å². The molecule has 4 rings (SSSR count). The van der Waals surface area contributed by atoms with Crippen LogP contribution in [0.4, 0.5) is 5.69 Å². The van der Waals surface area contributed by atoms with Crippen LogP contribution in [0.25, 0.3) is 11.3 Å². The molecule has 2 heterocycles. The Morgan fingerprint density at radius 3 is 2.33 bits per heavy atom. The van der Waals surface area contributed by atoms with Crippen LogP contribution in [0.5, 0.6) is 0 Å². The molecular weight excluding hydrogens is 418 g/mol. The first-order chi connectivity index (χ1) is 14.4. The molecule has 1 aliphatic heterocycles. The average Bonchev–Trinajstić information content (AvgIpc) is 3.21. The molecular formula is C22H23N3O3S2. The van der Waals surface area contributed by atoms with E-state index in [1.807, 2.05) is 36.6 Å². The van der Waals surface area contributed by atoms with E-state index in [4.69, 9.17) is 0 Å². The highest BCUT2D eigenvalue weighted by Gasteiger charge is 2.32. The molecule has 0 bridgehead atoms. The van der Waals surface area contributed by atoms with Crippen LogP contribution < -0.4 is 5.32 Å². The highest BCUT2D eigenvalue weighted by molar-refractivity contribution is 7.89. The van der Waals surface area contributed by atoms with E-state index >= 15 is 0 Å². The summed E-state index contributed by atoms with van der Waals surface area (Å²) in [6, 6.07) is 16.1. The molecule has 0 unspecified atom stereocenters. The lowest BCUT2D eigenvalue weighted by Crippen LogP contribution is -2.41. The maximum atomic E-state index is 12.7. The zero-order valence-corrected chi connectivity index (χ0v) is 18.2. The molecule has 3 aromatic rings. The highest BCUT2D eigenvalue weighted by Crippen LogP contribution is 2.26. The largest absolute Gasteiger partial charge is 0.326 e. The number of nitrogens with one attached hydrogen (secondary N) is 1. The Morgan fingerprint density at radius 2 is 1.73 bits per heavy atom. The van der Waals surface area contributed by atoms with Crippen molar-refractivity contribution in [3.8, 4) is 11.3 Å². The molecule has 1 fully saturated rings. The van der Waals surface area contributed by atoms with Gasteiger partial charge in [0.15, 0.2) is 0 Å².